The van der Waals surface area contributed by atoms with Gasteiger partial charge in [-0.25, -0.2) is 9.78 Å². The van der Waals surface area contributed by atoms with E-state index >= 15 is 0 Å². The number of aromatic nitrogens is 2. The number of rotatable bonds is 13. The van der Waals surface area contributed by atoms with Crippen LogP contribution in [0.1, 0.15) is 30.5 Å². The Bertz CT molecular complexity index is 871. The molecule has 3 unspecified atom stereocenters. The van der Waals surface area contributed by atoms with Gasteiger partial charge in [0.25, 0.3) is 0 Å². The molecule has 11 heteroatoms. The van der Waals surface area contributed by atoms with Crippen LogP contribution in [0.25, 0.3) is 0 Å². The van der Waals surface area contributed by atoms with E-state index in [1.54, 1.807) is 12.1 Å². The van der Waals surface area contributed by atoms with E-state index in [4.69, 9.17) is 11.5 Å². The molecule has 0 fully saturated rings. The molecule has 2 aromatic rings. The zero-order valence-corrected chi connectivity index (χ0v) is 17.7. The fraction of sp³-hybridized carbons (Fsp3) is 0.429. The number of carbonyl (C=O) groups excluding carboxylic acids is 2. The number of imidazole rings is 1. The van der Waals surface area contributed by atoms with Crippen molar-refractivity contribution in [2.45, 2.75) is 50.2 Å². The van der Waals surface area contributed by atoms with E-state index in [0.29, 0.717) is 30.6 Å². The fourth-order valence-corrected chi connectivity index (χ4v) is 3.08. The van der Waals surface area contributed by atoms with Crippen molar-refractivity contribution in [2.75, 3.05) is 6.54 Å². The van der Waals surface area contributed by atoms with E-state index < -0.39 is 35.9 Å². The van der Waals surface area contributed by atoms with Gasteiger partial charge in [-0.1, -0.05) is 18.6 Å². The number of hydrogen-bond donors (Lipinski definition) is 7. The number of nitrogens with one attached hydrogen (secondary N) is 3. The maximum absolute atomic E-state index is 13.0. The first-order valence-electron chi connectivity index (χ1n) is 10.3. The summed E-state index contributed by atoms with van der Waals surface area (Å²) in [6.45, 7) is 0.493. The summed E-state index contributed by atoms with van der Waals surface area (Å²) in [5.74, 6) is -2.33. The molecule has 174 valence electrons. The molecular weight excluding hydrogens is 416 g/mol. The van der Waals surface area contributed by atoms with Gasteiger partial charge in [-0.3, -0.25) is 9.59 Å². The van der Waals surface area contributed by atoms with Gasteiger partial charge in [-0.2, -0.15) is 0 Å². The van der Waals surface area contributed by atoms with Gasteiger partial charge < -0.3 is 37.3 Å². The van der Waals surface area contributed by atoms with Crippen LogP contribution in [0.15, 0.2) is 36.8 Å². The summed E-state index contributed by atoms with van der Waals surface area (Å²) in [5.41, 5.74) is 12.6. The van der Waals surface area contributed by atoms with Gasteiger partial charge in [0.15, 0.2) is 0 Å². The first kappa shape index (κ1) is 24.8. The Kier molecular flexibility index (Phi) is 9.64. The number of nitrogens with two attached hydrogens (primary N) is 2. The van der Waals surface area contributed by atoms with Crippen LogP contribution in [-0.2, 0) is 27.2 Å². The lowest BCUT2D eigenvalue weighted by Crippen LogP contribution is -2.55. The molecule has 0 bridgehead atoms. The zero-order valence-electron chi connectivity index (χ0n) is 17.7. The normalized spacial score (nSPS) is 13.7. The maximum atomic E-state index is 13.0. The Morgan fingerprint density at radius 1 is 1.03 bits per heavy atom. The van der Waals surface area contributed by atoms with Crippen LogP contribution in [0.3, 0.4) is 0 Å². The minimum atomic E-state index is -1.22. The molecule has 0 radical (unpaired) electrons. The SMILES string of the molecule is NCCCCC(N)C(=O)NC(Cc1ccc(O)cc1)C(=O)NC(Cc1cnc[nH]1)C(=O)O. The lowest BCUT2D eigenvalue weighted by atomic mass is 10.0. The molecule has 0 saturated heterocycles. The molecule has 1 aromatic carbocycles. The first-order chi connectivity index (χ1) is 15.3. The van der Waals surface area contributed by atoms with Crippen molar-refractivity contribution >= 4 is 17.8 Å². The molecular formula is C21H30N6O5. The van der Waals surface area contributed by atoms with Crippen molar-refractivity contribution in [3.05, 3.63) is 48.0 Å². The van der Waals surface area contributed by atoms with Crippen molar-refractivity contribution in [2.24, 2.45) is 11.5 Å². The van der Waals surface area contributed by atoms with Crippen molar-refractivity contribution in [3.8, 4) is 5.75 Å². The van der Waals surface area contributed by atoms with Crippen molar-refractivity contribution in [1.82, 2.24) is 20.6 Å². The lowest BCUT2D eigenvalue weighted by molar-refractivity contribution is -0.142. The number of carboxylic acids is 1. The molecule has 2 rings (SSSR count). The molecule has 11 nitrogen and oxygen atoms in total. The van der Waals surface area contributed by atoms with E-state index in [9.17, 15) is 24.6 Å². The minimum Gasteiger partial charge on any atom is -0.508 e. The summed E-state index contributed by atoms with van der Waals surface area (Å²) >= 11 is 0. The number of carboxylic acid groups (broad SMARTS) is 1. The number of carbonyl (C=O) groups is 3. The number of unbranched alkanes of at least 4 members (excludes halogenated alkanes) is 1. The van der Waals surface area contributed by atoms with Gasteiger partial charge in [-0.05, 0) is 37.1 Å². The Labute approximate surface area is 185 Å². The third kappa shape index (κ3) is 8.00. The summed E-state index contributed by atoms with van der Waals surface area (Å²) in [6, 6.07) is 3.05. The summed E-state index contributed by atoms with van der Waals surface area (Å²) < 4.78 is 0. The second kappa shape index (κ2) is 12.4. The van der Waals surface area contributed by atoms with E-state index in [-0.39, 0.29) is 18.6 Å². The number of phenolic OH excluding ortho intramolecular Hbond substituents is 1. The highest BCUT2D eigenvalue weighted by Gasteiger charge is 2.28. The molecule has 9 N–H and O–H groups in total. The van der Waals surface area contributed by atoms with E-state index in [1.165, 1.54) is 24.7 Å². The zero-order chi connectivity index (χ0) is 23.5. The number of amides is 2. The Morgan fingerprint density at radius 2 is 1.72 bits per heavy atom. The molecule has 0 saturated carbocycles. The number of phenols is 1. The average Bonchev–Trinajstić information content (AvgIpc) is 3.27. The third-order valence-electron chi connectivity index (χ3n) is 4.91. The van der Waals surface area contributed by atoms with Crippen LogP contribution in [0.2, 0.25) is 0 Å². The summed E-state index contributed by atoms with van der Waals surface area (Å²) in [7, 11) is 0. The molecule has 1 heterocycles. The van der Waals surface area contributed by atoms with Gasteiger partial charge in [0.1, 0.15) is 17.8 Å². The van der Waals surface area contributed by atoms with Crippen molar-refractivity contribution in [1.29, 1.82) is 0 Å². The minimum absolute atomic E-state index is 0.000445. The van der Waals surface area contributed by atoms with Gasteiger partial charge in [-0.15, -0.1) is 0 Å². The topological polar surface area (TPSA) is 196 Å². The smallest absolute Gasteiger partial charge is 0.326 e. The van der Waals surface area contributed by atoms with Gasteiger partial charge in [0, 0.05) is 24.7 Å². The van der Waals surface area contributed by atoms with Crippen LogP contribution in [0, 0.1) is 0 Å². The second-order valence-corrected chi connectivity index (χ2v) is 7.50. The molecule has 0 aliphatic carbocycles. The second-order valence-electron chi connectivity index (χ2n) is 7.50. The number of aliphatic carboxylic acids is 1. The van der Waals surface area contributed by atoms with Crippen LogP contribution in [0.4, 0.5) is 0 Å². The molecule has 0 aliphatic rings. The third-order valence-corrected chi connectivity index (χ3v) is 4.91. The number of aromatic hydroxyl groups is 1. The van der Waals surface area contributed by atoms with Crippen molar-refractivity contribution < 1.29 is 24.6 Å². The number of hydrogen-bond acceptors (Lipinski definition) is 7. The fourth-order valence-electron chi connectivity index (χ4n) is 3.08. The van der Waals surface area contributed by atoms with Gasteiger partial charge in [0.05, 0.1) is 12.4 Å². The summed E-state index contributed by atoms with van der Waals surface area (Å²) in [4.78, 5) is 43.8. The average molecular weight is 447 g/mol. The molecule has 0 aliphatic heterocycles. The molecule has 0 spiro atoms. The van der Waals surface area contributed by atoms with E-state index in [2.05, 4.69) is 20.6 Å². The van der Waals surface area contributed by atoms with Crippen molar-refractivity contribution in [3.63, 3.8) is 0 Å². The van der Waals surface area contributed by atoms with E-state index in [1.807, 2.05) is 0 Å². The quantitative estimate of drug-likeness (QED) is 0.198. The first-order valence-corrected chi connectivity index (χ1v) is 10.3. The lowest BCUT2D eigenvalue weighted by Gasteiger charge is -2.23. The largest absolute Gasteiger partial charge is 0.508 e. The summed E-state index contributed by atoms with van der Waals surface area (Å²) in [6.07, 6.45) is 4.78. The Morgan fingerprint density at radius 3 is 2.31 bits per heavy atom. The Balaban J connectivity index is 2.12. The highest BCUT2D eigenvalue weighted by molar-refractivity contribution is 5.92. The van der Waals surface area contributed by atoms with Gasteiger partial charge in [0.2, 0.25) is 11.8 Å². The predicted octanol–water partition coefficient (Wildman–Crippen LogP) is -0.589. The number of aromatic amines is 1. The summed E-state index contributed by atoms with van der Waals surface area (Å²) in [5, 5.41) is 24.1. The van der Waals surface area contributed by atoms with E-state index in [0.717, 1.165) is 6.42 Å². The van der Waals surface area contributed by atoms with Gasteiger partial charge >= 0.3 is 5.97 Å². The molecule has 2 amide bonds. The number of H-pyrrole nitrogens is 1. The predicted molar refractivity (Wildman–Crippen MR) is 116 cm³/mol. The van der Waals surface area contributed by atoms with Crippen LogP contribution < -0.4 is 22.1 Å². The van der Waals surface area contributed by atoms with Crippen LogP contribution >= 0.6 is 0 Å². The standard InChI is InChI=1S/C21H30N6O5/c22-8-2-1-3-16(23)19(29)26-17(9-13-4-6-15(28)7-5-13)20(30)27-18(21(31)32)10-14-11-24-12-25-14/h4-7,11-12,16-18,28H,1-3,8-10,22-23H2,(H,24,25)(H,26,29)(H,27,30)(H,31,32). The monoisotopic (exact) mass is 446 g/mol. The molecule has 1 aromatic heterocycles. The number of benzene rings is 1. The Hall–Kier alpha value is -3.44. The highest BCUT2D eigenvalue weighted by atomic mass is 16.4. The highest BCUT2D eigenvalue weighted by Crippen LogP contribution is 2.12. The van der Waals surface area contributed by atoms with Crippen LogP contribution in [0.5, 0.6) is 5.75 Å². The van der Waals surface area contributed by atoms with Crippen LogP contribution in [-0.4, -0.2) is 62.6 Å². The molecule has 3 atom stereocenters. The number of nitrogens with zero attached hydrogens (tertiary/aromatic N) is 1. The maximum Gasteiger partial charge on any atom is 0.326 e. The molecule has 32 heavy (non-hydrogen) atoms.